The van der Waals surface area contributed by atoms with Crippen LogP contribution in [0.1, 0.15) is 5.56 Å². The molecule has 1 aliphatic heterocycles. The van der Waals surface area contributed by atoms with Crippen LogP contribution in [0.5, 0.6) is 5.75 Å². The lowest BCUT2D eigenvalue weighted by Crippen LogP contribution is -2.49. The van der Waals surface area contributed by atoms with E-state index in [4.69, 9.17) is 16.3 Å². The maximum Gasteiger partial charge on any atom is 0.310 e. The average molecular weight is 390 g/mol. The Kier molecular flexibility index (Phi) is 6.26. The molecule has 1 saturated heterocycles. The van der Waals surface area contributed by atoms with E-state index in [2.05, 4.69) is 4.90 Å². The van der Waals surface area contributed by atoms with Gasteiger partial charge in [-0.05, 0) is 23.8 Å². The van der Waals surface area contributed by atoms with Crippen LogP contribution in [0.3, 0.4) is 0 Å². The second-order valence-electron chi connectivity index (χ2n) is 6.30. The van der Waals surface area contributed by atoms with E-state index in [9.17, 15) is 14.9 Å². The van der Waals surface area contributed by atoms with Crippen LogP contribution >= 0.6 is 11.6 Å². The number of nitro groups is 1. The van der Waals surface area contributed by atoms with Crippen LogP contribution in [0.15, 0.2) is 48.5 Å². The molecule has 2 aromatic carbocycles. The van der Waals surface area contributed by atoms with Crippen LogP contribution in [0, 0.1) is 10.1 Å². The van der Waals surface area contributed by atoms with Crippen molar-refractivity contribution < 1.29 is 14.5 Å². The van der Waals surface area contributed by atoms with Crippen molar-refractivity contribution in [3.8, 4) is 5.75 Å². The van der Waals surface area contributed by atoms with Gasteiger partial charge in [0.15, 0.2) is 12.4 Å². The molecule has 27 heavy (non-hydrogen) atoms. The highest BCUT2D eigenvalue weighted by Gasteiger charge is 2.22. The smallest absolute Gasteiger partial charge is 0.310 e. The molecule has 2 aromatic rings. The van der Waals surface area contributed by atoms with Gasteiger partial charge in [-0.15, -0.1) is 0 Å². The largest absolute Gasteiger partial charge is 0.477 e. The highest BCUT2D eigenvalue weighted by atomic mass is 35.5. The van der Waals surface area contributed by atoms with Gasteiger partial charge < -0.3 is 9.64 Å². The summed E-state index contributed by atoms with van der Waals surface area (Å²) in [6.07, 6.45) is 0. The number of hydrogen-bond acceptors (Lipinski definition) is 5. The molecule has 0 bridgehead atoms. The van der Waals surface area contributed by atoms with Crippen molar-refractivity contribution in [2.75, 3.05) is 32.8 Å². The van der Waals surface area contributed by atoms with Crippen LogP contribution in [0.25, 0.3) is 0 Å². The van der Waals surface area contributed by atoms with Gasteiger partial charge in [-0.3, -0.25) is 19.8 Å². The zero-order valence-corrected chi connectivity index (χ0v) is 15.5. The number of halogens is 1. The van der Waals surface area contributed by atoms with E-state index in [1.165, 1.54) is 17.7 Å². The first kappa shape index (κ1) is 19.1. The van der Waals surface area contributed by atoms with Gasteiger partial charge in [-0.1, -0.05) is 35.9 Å². The van der Waals surface area contributed by atoms with E-state index in [-0.39, 0.29) is 24.0 Å². The first-order chi connectivity index (χ1) is 13.0. The number of hydrogen-bond donors (Lipinski definition) is 0. The fourth-order valence-electron chi connectivity index (χ4n) is 2.96. The summed E-state index contributed by atoms with van der Waals surface area (Å²) >= 11 is 5.90. The monoisotopic (exact) mass is 389 g/mol. The molecule has 3 rings (SSSR count). The van der Waals surface area contributed by atoms with Crippen LogP contribution in [-0.4, -0.2) is 53.4 Å². The van der Waals surface area contributed by atoms with E-state index in [0.29, 0.717) is 18.1 Å². The Hall–Kier alpha value is -2.64. The molecule has 0 aliphatic carbocycles. The zero-order valence-electron chi connectivity index (χ0n) is 14.7. The van der Waals surface area contributed by atoms with Gasteiger partial charge in [0.1, 0.15) is 0 Å². The number of carbonyl (C=O) groups excluding carboxylic acids is 1. The average Bonchev–Trinajstić information content (AvgIpc) is 2.68. The molecule has 0 saturated carbocycles. The summed E-state index contributed by atoms with van der Waals surface area (Å²) in [4.78, 5) is 26.8. The molecule has 8 heteroatoms. The number of ether oxygens (including phenoxy) is 1. The van der Waals surface area contributed by atoms with Crippen molar-refractivity contribution in [1.29, 1.82) is 0 Å². The molecule has 1 fully saturated rings. The molecule has 0 unspecified atom stereocenters. The zero-order chi connectivity index (χ0) is 19.2. The van der Waals surface area contributed by atoms with Crippen molar-refractivity contribution in [1.82, 2.24) is 9.80 Å². The Morgan fingerprint density at radius 3 is 2.41 bits per heavy atom. The molecule has 0 radical (unpaired) electrons. The third-order valence-corrected chi connectivity index (χ3v) is 4.71. The molecule has 0 spiro atoms. The van der Waals surface area contributed by atoms with E-state index in [1.807, 2.05) is 24.3 Å². The van der Waals surface area contributed by atoms with Crippen molar-refractivity contribution in [2.24, 2.45) is 0 Å². The van der Waals surface area contributed by atoms with Crippen molar-refractivity contribution >= 4 is 23.2 Å². The normalized spacial score (nSPS) is 14.8. The number of rotatable bonds is 6. The van der Waals surface area contributed by atoms with Crippen molar-refractivity contribution in [3.05, 3.63) is 69.2 Å². The number of benzene rings is 2. The van der Waals surface area contributed by atoms with Crippen LogP contribution < -0.4 is 4.74 Å². The van der Waals surface area contributed by atoms with Crippen LogP contribution in [-0.2, 0) is 11.3 Å². The van der Waals surface area contributed by atoms with E-state index >= 15 is 0 Å². The molecular formula is C19H20ClN3O4. The summed E-state index contributed by atoms with van der Waals surface area (Å²) in [5.41, 5.74) is 1.04. The third-order valence-electron chi connectivity index (χ3n) is 4.46. The highest BCUT2D eigenvalue weighted by Crippen LogP contribution is 2.25. The number of carbonyl (C=O) groups is 1. The maximum absolute atomic E-state index is 12.4. The molecule has 0 aromatic heterocycles. The second kappa shape index (κ2) is 8.83. The minimum absolute atomic E-state index is 0.109. The van der Waals surface area contributed by atoms with Gasteiger partial charge >= 0.3 is 5.69 Å². The number of piperazine rings is 1. The Balaban J connectivity index is 1.47. The Labute approximate surface area is 162 Å². The van der Waals surface area contributed by atoms with Crippen LogP contribution in [0.4, 0.5) is 5.69 Å². The predicted octanol–water partition coefficient (Wildman–Crippen LogP) is 2.97. The van der Waals surface area contributed by atoms with E-state index < -0.39 is 4.92 Å². The number of amides is 1. The van der Waals surface area contributed by atoms with Gasteiger partial charge in [0, 0.05) is 43.8 Å². The Morgan fingerprint density at radius 2 is 1.74 bits per heavy atom. The summed E-state index contributed by atoms with van der Waals surface area (Å²) in [5, 5.41) is 11.7. The van der Waals surface area contributed by atoms with Gasteiger partial charge in [0.25, 0.3) is 5.91 Å². The summed E-state index contributed by atoms with van der Waals surface area (Å²) < 4.78 is 5.39. The van der Waals surface area contributed by atoms with Crippen molar-refractivity contribution in [2.45, 2.75) is 6.54 Å². The predicted molar refractivity (Wildman–Crippen MR) is 102 cm³/mol. The minimum atomic E-state index is -0.519. The van der Waals surface area contributed by atoms with E-state index in [0.717, 1.165) is 19.6 Å². The molecule has 1 amide bonds. The topological polar surface area (TPSA) is 75.9 Å². The molecule has 1 aliphatic rings. The standard InChI is InChI=1S/C19H20ClN3O4/c20-16-7-5-15(6-8-16)13-21-9-11-22(12-10-21)19(24)14-27-18-4-2-1-3-17(18)23(25)26/h1-8H,9-14H2. The lowest BCUT2D eigenvalue weighted by Gasteiger charge is -2.34. The number of nitrogens with zero attached hydrogens (tertiary/aromatic N) is 3. The van der Waals surface area contributed by atoms with Gasteiger partial charge in [-0.25, -0.2) is 0 Å². The summed E-state index contributed by atoms with van der Waals surface area (Å²) in [6, 6.07) is 13.8. The number of nitro benzene ring substituents is 1. The Bertz CT molecular complexity index is 805. The summed E-state index contributed by atoms with van der Waals surface area (Å²) in [7, 11) is 0. The van der Waals surface area contributed by atoms with E-state index in [1.54, 1.807) is 17.0 Å². The minimum Gasteiger partial charge on any atom is -0.477 e. The second-order valence-corrected chi connectivity index (χ2v) is 6.73. The summed E-state index contributed by atoms with van der Waals surface area (Å²) in [6.45, 7) is 3.34. The van der Waals surface area contributed by atoms with Crippen LogP contribution in [0.2, 0.25) is 5.02 Å². The molecule has 0 N–H and O–H groups in total. The molecule has 0 atom stereocenters. The van der Waals surface area contributed by atoms with Gasteiger partial charge in [-0.2, -0.15) is 0 Å². The molecule has 1 heterocycles. The quantitative estimate of drug-likeness (QED) is 0.560. The fraction of sp³-hybridized carbons (Fsp3) is 0.316. The first-order valence-electron chi connectivity index (χ1n) is 8.64. The molecule has 142 valence electrons. The fourth-order valence-corrected chi connectivity index (χ4v) is 3.09. The maximum atomic E-state index is 12.4. The SMILES string of the molecule is O=C(COc1ccccc1[N+](=O)[O-])N1CCN(Cc2ccc(Cl)cc2)CC1. The number of para-hydroxylation sites is 2. The molecular weight excluding hydrogens is 370 g/mol. The first-order valence-corrected chi connectivity index (χ1v) is 9.01. The van der Waals surface area contributed by atoms with Gasteiger partial charge in [0.2, 0.25) is 0 Å². The lowest BCUT2D eigenvalue weighted by atomic mass is 10.2. The highest BCUT2D eigenvalue weighted by molar-refractivity contribution is 6.30. The van der Waals surface area contributed by atoms with Crippen molar-refractivity contribution in [3.63, 3.8) is 0 Å². The van der Waals surface area contributed by atoms with Gasteiger partial charge in [0.05, 0.1) is 4.92 Å². The molecule has 7 nitrogen and oxygen atoms in total. The Morgan fingerprint density at radius 1 is 1.07 bits per heavy atom. The lowest BCUT2D eigenvalue weighted by molar-refractivity contribution is -0.385. The summed E-state index contributed by atoms with van der Waals surface area (Å²) in [5.74, 6) is -0.0588. The third kappa shape index (κ3) is 5.18.